The summed E-state index contributed by atoms with van der Waals surface area (Å²) in [4.78, 5) is 27.5. The molecule has 1 unspecified atom stereocenters. The lowest BCUT2D eigenvalue weighted by atomic mass is 10.1. The smallest absolute Gasteiger partial charge is 0.223 e. The Balaban J connectivity index is 1.48. The van der Waals surface area contributed by atoms with E-state index in [1.165, 1.54) is 16.5 Å². The summed E-state index contributed by atoms with van der Waals surface area (Å²) in [5.74, 6) is -1.75. The SMILES string of the molecule is CC(NC(=O)CCC(=O)N1CCc2sccc2C1)c1ccc(F)cc1F. The molecule has 2 amide bonds. The molecule has 0 spiro atoms. The van der Waals surface area contributed by atoms with Crippen LogP contribution in [0.3, 0.4) is 0 Å². The normalized spacial score (nSPS) is 14.7. The maximum Gasteiger partial charge on any atom is 0.223 e. The predicted molar refractivity (Wildman–Crippen MR) is 95.6 cm³/mol. The monoisotopic (exact) mass is 378 g/mol. The summed E-state index contributed by atoms with van der Waals surface area (Å²) in [5, 5.41) is 4.69. The number of amides is 2. The van der Waals surface area contributed by atoms with E-state index in [4.69, 9.17) is 0 Å². The molecule has 0 aliphatic carbocycles. The molecule has 138 valence electrons. The number of fused-ring (bicyclic) bond motifs is 1. The molecule has 4 nitrogen and oxygen atoms in total. The number of nitrogens with one attached hydrogen (secondary N) is 1. The van der Waals surface area contributed by atoms with Gasteiger partial charge >= 0.3 is 0 Å². The van der Waals surface area contributed by atoms with Gasteiger partial charge in [-0.2, -0.15) is 0 Å². The third kappa shape index (κ3) is 4.27. The Morgan fingerprint density at radius 3 is 2.85 bits per heavy atom. The first-order chi connectivity index (χ1) is 12.4. The van der Waals surface area contributed by atoms with Crippen LogP contribution in [0.25, 0.3) is 0 Å². The molecule has 0 bridgehead atoms. The van der Waals surface area contributed by atoms with Crippen molar-refractivity contribution in [3.8, 4) is 0 Å². The fourth-order valence-corrected chi connectivity index (χ4v) is 3.97. The van der Waals surface area contributed by atoms with E-state index >= 15 is 0 Å². The molecule has 1 atom stereocenters. The Morgan fingerprint density at radius 1 is 1.27 bits per heavy atom. The average molecular weight is 378 g/mol. The molecule has 1 N–H and O–H groups in total. The van der Waals surface area contributed by atoms with Gasteiger partial charge in [0.15, 0.2) is 0 Å². The van der Waals surface area contributed by atoms with Crippen molar-refractivity contribution in [1.82, 2.24) is 10.2 Å². The van der Waals surface area contributed by atoms with Crippen molar-refractivity contribution < 1.29 is 18.4 Å². The van der Waals surface area contributed by atoms with Gasteiger partial charge in [0.25, 0.3) is 0 Å². The van der Waals surface area contributed by atoms with E-state index in [1.54, 1.807) is 23.2 Å². The van der Waals surface area contributed by atoms with E-state index in [0.717, 1.165) is 18.6 Å². The van der Waals surface area contributed by atoms with Crippen LogP contribution < -0.4 is 5.32 Å². The summed E-state index contributed by atoms with van der Waals surface area (Å²) < 4.78 is 26.7. The molecule has 1 aliphatic heterocycles. The van der Waals surface area contributed by atoms with E-state index in [2.05, 4.69) is 5.32 Å². The maximum absolute atomic E-state index is 13.8. The quantitative estimate of drug-likeness (QED) is 0.865. The second-order valence-electron chi connectivity index (χ2n) is 6.39. The number of carbonyl (C=O) groups is 2. The Morgan fingerprint density at radius 2 is 2.08 bits per heavy atom. The largest absolute Gasteiger partial charge is 0.349 e. The van der Waals surface area contributed by atoms with Gasteiger partial charge in [-0.3, -0.25) is 9.59 Å². The van der Waals surface area contributed by atoms with Crippen molar-refractivity contribution in [3.63, 3.8) is 0 Å². The molecule has 2 aromatic rings. The van der Waals surface area contributed by atoms with Crippen LogP contribution in [-0.4, -0.2) is 23.3 Å². The Bertz CT molecular complexity index is 822. The number of nitrogens with zero attached hydrogens (tertiary/aromatic N) is 1. The first-order valence-electron chi connectivity index (χ1n) is 8.51. The third-order valence-corrected chi connectivity index (χ3v) is 5.56. The summed E-state index contributed by atoms with van der Waals surface area (Å²) >= 11 is 1.71. The Kier molecular flexibility index (Phi) is 5.66. The van der Waals surface area contributed by atoms with Crippen LogP contribution in [0.1, 0.15) is 41.8 Å². The van der Waals surface area contributed by atoms with Crippen molar-refractivity contribution in [2.75, 3.05) is 6.54 Å². The van der Waals surface area contributed by atoms with Gasteiger partial charge in [0, 0.05) is 42.4 Å². The molecule has 0 fully saturated rings. The van der Waals surface area contributed by atoms with E-state index < -0.39 is 17.7 Å². The van der Waals surface area contributed by atoms with Gasteiger partial charge < -0.3 is 10.2 Å². The van der Waals surface area contributed by atoms with Crippen LogP contribution in [0.5, 0.6) is 0 Å². The second kappa shape index (κ2) is 7.95. The highest BCUT2D eigenvalue weighted by molar-refractivity contribution is 7.10. The van der Waals surface area contributed by atoms with E-state index in [9.17, 15) is 18.4 Å². The summed E-state index contributed by atoms with van der Waals surface area (Å²) in [6, 6.07) is 4.69. The highest BCUT2D eigenvalue weighted by Crippen LogP contribution is 2.24. The Hall–Kier alpha value is -2.28. The Labute approximate surface area is 154 Å². The summed E-state index contributed by atoms with van der Waals surface area (Å²) in [6.45, 7) is 2.89. The molecule has 3 rings (SSSR count). The van der Waals surface area contributed by atoms with Crippen LogP contribution in [0.15, 0.2) is 29.6 Å². The molecular weight excluding hydrogens is 358 g/mol. The van der Waals surface area contributed by atoms with E-state index in [-0.39, 0.29) is 30.2 Å². The minimum Gasteiger partial charge on any atom is -0.349 e. The topological polar surface area (TPSA) is 49.4 Å². The summed E-state index contributed by atoms with van der Waals surface area (Å²) in [7, 11) is 0. The standard InChI is InChI=1S/C19H20F2N2O2S/c1-12(15-3-2-14(20)10-16(15)21)22-18(24)4-5-19(25)23-8-6-17-13(11-23)7-9-26-17/h2-3,7,9-10,12H,4-6,8,11H2,1H3,(H,22,24). The van der Waals surface area contributed by atoms with Gasteiger partial charge in [0.05, 0.1) is 6.04 Å². The van der Waals surface area contributed by atoms with Crippen LogP contribution in [0, 0.1) is 11.6 Å². The van der Waals surface area contributed by atoms with Crippen LogP contribution in [0.4, 0.5) is 8.78 Å². The fraction of sp³-hybridized carbons (Fsp3) is 0.368. The van der Waals surface area contributed by atoms with Gasteiger partial charge in [-0.25, -0.2) is 8.78 Å². The first kappa shape index (κ1) is 18.5. The number of hydrogen-bond donors (Lipinski definition) is 1. The molecule has 2 heterocycles. The number of benzene rings is 1. The average Bonchev–Trinajstić information content (AvgIpc) is 3.07. The van der Waals surface area contributed by atoms with Gasteiger partial charge in [-0.1, -0.05) is 6.07 Å². The lowest BCUT2D eigenvalue weighted by molar-refractivity contribution is -0.134. The highest BCUT2D eigenvalue weighted by Gasteiger charge is 2.22. The third-order valence-electron chi connectivity index (χ3n) is 4.53. The summed E-state index contributed by atoms with van der Waals surface area (Å²) in [5.41, 5.74) is 1.39. The van der Waals surface area contributed by atoms with Crippen LogP contribution in [-0.2, 0) is 22.6 Å². The van der Waals surface area contributed by atoms with Crippen molar-refractivity contribution in [1.29, 1.82) is 0 Å². The van der Waals surface area contributed by atoms with Gasteiger partial charge in [0.2, 0.25) is 11.8 Å². The molecular formula is C19H20F2N2O2S. The summed E-state index contributed by atoms with van der Waals surface area (Å²) in [6.07, 6.45) is 1.01. The number of halogens is 2. The van der Waals surface area contributed by atoms with Crippen molar-refractivity contribution in [3.05, 3.63) is 57.3 Å². The minimum atomic E-state index is -0.700. The zero-order valence-corrected chi connectivity index (χ0v) is 15.2. The van der Waals surface area contributed by atoms with Gasteiger partial charge in [-0.05, 0) is 36.4 Å². The number of carbonyl (C=O) groups excluding carboxylic acids is 2. The van der Waals surface area contributed by atoms with E-state index in [1.807, 2.05) is 11.4 Å². The van der Waals surface area contributed by atoms with Crippen molar-refractivity contribution in [2.24, 2.45) is 0 Å². The van der Waals surface area contributed by atoms with Crippen molar-refractivity contribution >= 4 is 23.2 Å². The first-order valence-corrected chi connectivity index (χ1v) is 9.39. The molecule has 26 heavy (non-hydrogen) atoms. The predicted octanol–water partition coefficient (Wildman–Crippen LogP) is 3.57. The highest BCUT2D eigenvalue weighted by atomic mass is 32.1. The molecule has 0 saturated heterocycles. The number of hydrogen-bond acceptors (Lipinski definition) is 3. The van der Waals surface area contributed by atoms with Crippen LogP contribution in [0.2, 0.25) is 0 Å². The maximum atomic E-state index is 13.8. The molecule has 1 aromatic carbocycles. The van der Waals surface area contributed by atoms with Gasteiger partial charge in [-0.15, -0.1) is 11.3 Å². The van der Waals surface area contributed by atoms with Crippen molar-refractivity contribution in [2.45, 2.75) is 38.8 Å². The molecule has 1 aliphatic rings. The lowest BCUT2D eigenvalue weighted by Gasteiger charge is -2.27. The molecule has 1 aromatic heterocycles. The lowest BCUT2D eigenvalue weighted by Crippen LogP contribution is -2.36. The van der Waals surface area contributed by atoms with Gasteiger partial charge in [0.1, 0.15) is 11.6 Å². The molecule has 0 radical (unpaired) electrons. The minimum absolute atomic E-state index is 0.0407. The molecule has 0 saturated carbocycles. The molecule has 7 heteroatoms. The van der Waals surface area contributed by atoms with E-state index in [0.29, 0.717) is 13.1 Å². The zero-order valence-electron chi connectivity index (χ0n) is 14.4. The van der Waals surface area contributed by atoms with Crippen LogP contribution >= 0.6 is 11.3 Å². The zero-order chi connectivity index (χ0) is 18.7. The second-order valence-corrected chi connectivity index (χ2v) is 7.39. The fourth-order valence-electron chi connectivity index (χ4n) is 3.08. The number of thiophene rings is 1. The number of rotatable bonds is 5.